The van der Waals surface area contributed by atoms with Gasteiger partial charge in [0.2, 0.25) is 0 Å². The van der Waals surface area contributed by atoms with Crippen LogP contribution < -0.4 is 29.6 Å². The molecule has 0 saturated carbocycles. The van der Waals surface area contributed by atoms with Crippen LogP contribution in [0.2, 0.25) is 0 Å². The zero-order valence-corrected chi connectivity index (χ0v) is 23.2. The fourth-order valence-corrected chi connectivity index (χ4v) is 4.89. The zero-order valence-electron chi connectivity index (χ0n) is 20.4. The molecule has 0 aliphatic rings. The van der Waals surface area contributed by atoms with Crippen LogP contribution in [0.25, 0.3) is 0 Å². The minimum atomic E-state index is -4.10. The zero-order chi connectivity index (χ0) is 21.8. The Labute approximate surface area is 210 Å². The molecule has 0 fully saturated rings. The summed E-state index contributed by atoms with van der Waals surface area (Å²) >= 11 is 0. The Morgan fingerprint density at radius 3 is 1.30 bits per heavy atom. The molecule has 2 unspecified atom stereocenters. The Morgan fingerprint density at radius 1 is 0.633 bits per heavy atom. The van der Waals surface area contributed by atoms with Gasteiger partial charge in [-0.1, -0.05) is 117 Å². The van der Waals surface area contributed by atoms with E-state index in [1.807, 2.05) is 0 Å². The molecule has 4 nitrogen and oxygen atoms in total. The summed E-state index contributed by atoms with van der Waals surface area (Å²) in [6.07, 6.45) is 22.3. The maximum absolute atomic E-state index is 11.0. The SMILES string of the molecule is CCCCCCC(O)CCCCCCCCCCCCCCC(CC)S(=O)(=O)[O-].[Na+]. The van der Waals surface area contributed by atoms with Gasteiger partial charge in [-0.2, -0.15) is 0 Å². The molecule has 30 heavy (non-hydrogen) atoms. The number of unbranched alkanes of at least 4 members (excludes halogenated alkanes) is 14. The summed E-state index contributed by atoms with van der Waals surface area (Å²) < 4.78 is 33.1. The second kappa shape index (κ2) is 23.0. The van der Waals surface area contributed by atoms with Gasteiger partial charge in [-0.25, -0.2) is 8.42 Å². The second-order valence-electron chi connectivity index (χ2n) is 8.85. The number of rotatable bonds is 22. The molecular weight excluding hydrogens is 407 g/mol. The van der Waals surface area contributed by atoms with E-state index in [1.165, 1.54) is 83.5 Å². The normalized spacial score (nSPS) is 13.7. The summed E-state index contributed by atoms with van der Waals surface area (Å²) in [5.74, 6) is 0. The maximum Gasteiger partial charge on any atom is 1.00 e. The molecule has 0 aromatic rings. The molecule has 0 rings (SSSR count). The van der Waals surface area contributed by atoms with E-state index < -0.39 is 15.4 Å². The minimum absolute atomic E-state index is 0. The summed E-state index contributed by atoms with van der Waals surface area (Å²) in [4.78, 5) is 0. The first kappa shape index (κ1) is 33.0. The minimum Gasteiger partial charge on any atom is -0.748 e. The number of hydrogen-bond donors (Lipinski definition) is 1. The summed E-state index contributed by atoms with van der Waals surface area (Å²) in [6, 6.07) is 0. The van der Waals surface area contributed by atoms with Crippen molar-refractivity contribution in [2.45, 2.75) is 154 Å². The molecule has 0 radical (unpaired) electrons. The quantitative estimate of drug-likeness (QED) is 0.151. The van der Waals surface area contributed by atoms with E-state index in [4.69, 9.17) is 0 Å². The predicted octanol–water partition coefficient (Wildman–Crippen LogP) is 4.11. The van der Waals surface area contributed by atoms with Crippen LogP contribution in [-0.4, -0.2) is 29.4 Å². The van der Waals surface area contributed by atoms with Gasteiger partial charge in [-0.15, -0.1) is 0 Å². The summed E-state index contributed by atoms with van der Waals surface area (Å²) in [5.41, 5.74) is 0. The molecule has 0 amide bonds. The Hall–Kier alpha value is 0.870. The molecule has 1 N–H and O–H groups in total. The average molecular weight is 457 g/mol. The summed E-state index contributed by atoms with van der Waals surface area (Å²) in [7, 11) is -4.10. The van der Waals surface area contributed by atoms with Crippen molar-refractivity contribution in [2.24, 2.45) is 0 Å². The van der Waals surface area contributed by atoms with E-state index in [-0.39, 0.29) is 35.7 Å². The molecule has 6 heteroatoms. The van der Waals surface area contributed by atoms with E-state index >= 15 is 0 Å². The van der Waals surface area contributed by atoms with Crippen LogP contribution in [0.1, 0.15) is 142 Å². The Morgan fingerprint density at radius 2 is 0.967 bits per heavy atom. The first-order valence-electron chi connectivity index (χ1n) is 12.5. The van der Waals surface area contributed by atoms with Crippen LogP contribution >= 0.6 is 0 Å². The number of hydrogen-bond acceptors (Lipinski definition) is 4. The van der Waals surface area contributed by atoms with Crippen LogP contribution in [0.5, 0.6) is 0 Å². The molecule has 0 bridgehead atoms. The first-order chi connectivity index (χ1) is 13.9. The van der Waals surface area contributed by atoms with Crippen LogP contribution in [0.15, 0.2) is 0 Å². The van der Waals surface area contributed by atoms with Crippen molar-refractivity contribution in [2.75, 3.05) is 0 Å². The standard InChI is InChI=1S/C24H50O4S.Na/c1-3-5-6-17-20-23(25)21-18-15-13-11-9-7-8-10-12-14-16-19-22-24(4-2)29(26,27)28;/h23-25H,3-22H2,1-2H3,(H,26,27,28);/q;+1/p-1. The van der Waals surface area contributed by atoms with Gasteiger partial charge in [0.15, 0.2) is 0 Å². The molecule has 0 heterocycles. The van der Waals surface area contributed by atoms with Crippen LogP contribution in [0.4, 0.5) is 0 Å². The van der Waals surface area contributed by atoms with E-state index in [0.717, 1.165) is 32.1 Å². The Bertz CT molecular complexity index is 442. The summed E-state index contributed by atoms with van der Waals surface area (Å²) in [6.45, 7) is 4.00. The molecular formula is C24H49NaO4S. The Balaban J connectivity index is 0. The molecule has 0 spiro atoms. The third-order valence-electron chi connectivity index (χ3n) is 6.07. The van der Waals surface area contributed by atoms with Gasteiger partial charge >= 0.3 is 29.6 Å². The third-order valence-corrected chi connectivity index (χ3v) is 7.45. The van der Waals surface area contributed by atoms with Crippen molar-refractivity contribution < 1.29 is 47.6 Å². The predicted molar refractivity (Wildman–Crippen MR) is 123 cm³/mol. The first-order valence-corrected chi connectivity index (χ1v) is 14.0. The van der Waals surface area contributed by atoms with Crippen molar-refractivity contribution >= 4 is 10.1 Å². The van der Waals surface area contributed by atoms with Gasteiger partial charge < -0.3 is 9.66 Å². The van der Waals surface area contributed by atoms with Crippen molar-refractivity contribution in [3.05, 3.63) is 0 Å². The third kappa shape index (κ3) is 22.1. The molecule has 0 saturated heterocycles. The van der Waals surface area contributed by atoms with Gasteiger partial charge in [0.1, 0.15) is 0 Å². The molecule has 0 aromatic carbocycles. The van der Waals surface area contributed by atoms with Crippen LogP contribution in [0, 0.1) is 0 Å². The van der Waals surface area contributed by atoms with Crippen molar-refractivity contribution in [1.29, 1.82) is 0 Å². The topological polar surface area (TPSA) is 77.4 Å². The fraction of sp³-hybridized carbons (Fsp3) is 1.00. The second-order valence-corrected chi connectivity index (χ2v) is 10.5. The molecule has 0 aliphatic heterocycles. The largest absolute Gasteiger partial charge is 1.00 e. The molecule has 0 aromatic heterocycles. The van der Waals surface area contributed by atoms with Gasteiger partial charge in [0, 0.05) is 5.25 Å². The van der Waals surface area contributed by atoms with Gasteiger partial charge in [0.25, 0.3) is 0 Å². The number of aliphatic hydroxyl groups is 1. The molecule has 2 atom stereocenters. The molecule has 0 aliphatic carbocycles. The van der Waals surface area contributed by atoms with Gasteiger partial charge in [-0.05, 0) is 25.7 Å². The fourth-order valence-electron chi connectivity index (χ4n) is 4.02. The van der Waals surface area contributed by atoms with E-state index in [1.54, 1.807) is 6.92 Å². The molecule has 176 valence electrons. The maximum atomic E-state index is 11.0. The van der Waals surface area contributed by atoms with Gasteiger partial charge in [-0.3, -0.25) is 0 Å². The van der Waals surface area contributed by atoms with E-state index in [0.29, 0.717) is 12.8 Å². The van der Waals surface area contributed by atoms with Crippen molar-refractivity contribution in [3.63, 3.8) is 0 Å². The van der Waals surface area contributed by atoms with Crippen LogP contribution in [0.3, 0.4) is 0 Å². The number of aliphatic hydroxyl groups excluding tert-OH is 1. The van der Waals surface area contributed by atoms with Crippen LogP contribution in [-0.2, 0) is 10.1 Å². The monoisotopic (exact) mass is 456 g/mol. The Kier molecular flexibility index (Phi) is 25.4. The summed E-state index contributed by atoms with van der Waals surface area (Å²) in [5, 5.41) is 9.28. The van der Waals surface area contributed by atoms with E-state index in [9.17, 15) is 18.1 Å². The van der Waals surface area contributed by atoms with Gasteiger partial charge in [0.05, 0.1) is 16.2 Å². The van der Waals surface area contributed by atoms with Crippen molar-refractivity contribution in [3.8, 4) is 0 Å². The van der Waals surface area contributed by atoms with Crippen molar-refractivity contribution in [1.82, 2.24) is 0 Å². The average Bonchev–Trinajstić information content (AvgIpc) is 2.67. The smallest absolute Gasteiger partial charge is 0.748 e. The van der Waals surface area contributed by atoms with E-state index in [2.05, 4.69) is 6.92 Å².